The van der Waals surface area contributed by atoms with Gasteiger partial charge in [-0.15, -0.1) is 0 Å². The Morgan fingerprint density at radius 1 is 0.824 bits per heavy atom. The van der Waals surface area contributed by atoms with Crippen LogP contribution in [-0.2, 0) is 24.0 Å². The summed E-state index contributed by atoms with van der Waals surface area (Å²) in [5.41, 5.74) is 5.75. The molecule has 0 heterocycles. The molecule has 0 fully saturated rings. The van der Waals surface area contributed by atoms with Crippen LogP contribution in [0.25, 0.3) is 0 Å². The van der Waals surface area contributed by atoms with Crippen molar-refractivity contribution < 1.29 is 34.2 Å². The quantitative estimate of drug-likeness (QED) is 0.146. The Balaban J connectivity index is 5.43. The lowest BCUT2D eigenvalue weighted by molar-refractivity contribution is -0.144. The fraction of sp³-hybridized carbons (Fsp3) is 0.762. The van der Waals surface area contributed by atoms with Gasteiger partial charge in [-0.2, -0.15) is 23.5 Å². The number of nitrogens with one attached hydrogen (secondary N) is 3. The van der Waals surface area contributed by atoms with Gasteiger partial charge in [0.1, 0.15) is 18.1 Å². The Labute approximate surface area is 209 Å². The Kier molecular flexibility index (Phi) is 16.4. The van der Waals surface area contributed by atoms with E-state index in [0.29, 0.717) is 17.9 Å². The molecule has 196 valence electrons. The largest absolute Gasteiger partial charge is 0.481 e. The van der Waals surface area contributed by atoms with Gasteiger partial charge in [0.15, 0.2) is 0 Å². The lowest BCUT2D eigenvalue weighted by Gasteiger charge is -2.26. The molecule has 0 rings (SSSR count). The molecule has 0 aliphatic heterocycles. The number of nitrogens with two attached hydrogens (primary N) is 1. The van der Waals surface area contributed by atoms with Gasteiger partial charge in [-0.3, -0.25) is 19.2 Å². The van der Waals surface area contributed by atoms with Crippen molar-refractivity contribution in [3.63, 3.8) is 0 Å². The topological polar surface area (TPSA) is 188 Å². The lowest BCUT2D eigenvalue weighted by atomic mass is 9.98. The molecule has 3 amide bonds. The van der Waals surface area contributed by atoms with E-state index in [-0.39, 0.29) is 31.6 Å². The van der Waals surface area contributed by atoms with Crippen LogP contribution >= 0.6 is 23.5 Å². The van der Waals surface area contributed by atoms with Gasteiger partial charge in [0.2, 0.25) is 17.7 Å². The standard InChI is InChI=1S/C21H38N4O7S2/c1-5-12(2)17(21(31)32)25-20(30)15(9-11-34-4)24-19(29)14(8-10-33-3)23-18(28)13(22)6-7-16(26)27/h12-15,17H,5-11,22H2,1-4H3,(H,23,28)(H,24,29)(H,25,30)(H,26,27)(H,31,32). The molecule has 11 nitrogen and oxygen atoms in total. The average Bonchev–Trinajstić information content (AvgIpc) is 2.79. The van der Waals surface area contributed by atoms with Crippen LogP contribution in [0.4, 0.5) is 0 Å². The van der Waals surface area contributed by atoms with Crippen LogP contribution in [0.1, 0.15) is 46.0 Å². The van der Waals surface area contributed by atoms with Crippen LogP contribution in [0.15, 0.2) is 0 Å². The van der Waals surface area contributed by atoms with Crippen molar-refractivity contribution in [3.8, 4) is 0 Å². The number of rotatable bonds is 18. The zero-order chi connectivity index (χ0) is 26.3. The second-order valence-electron chi connectivity index (χ2n) is 7.93. The second kappa shape index (κ2) is 17.4. The molecule has 0 aromatic carbocycles. The van der Waals surface area contributed by atoms with E-state index in [4.69, 9.17) is 10.8 Å². The molecule has 0 aromatic heterocycles. The zero-order valence-electron chi connectivity index (χ0n) is 20.2. The zero-order valence-corrected chi connectivity index (χ0v) is 21.8. The van der Waals surface area contributed by atoms with E-state index in [0.717, 1.165) is 0 Å². The molecule has 0 aliphatic carbocycles. The highest BCUT2D eigenvalue weighted by atomic mass is 32.2. The fourth-order valence-electron chi connectivity index (χ4n) is 2.91. The van der Waals surface area contributed by atoms with Crippen molar-refractivity contribution in [3.05, 3.63) is 0 Å². The minimum absolute atomic E-state index is 0.0804. The van der Waals surface area contributed by atoms with Crippen LogP contribution < -0.4 is 21.7 Å². The summed E-state index contributed by atoms with van der Waals surface area (Å²) in [6.07, 6.45) is 4.40. The summed E-state index contributed by atoms with van der Waals surface area (Å²) in [5, 5.41) is 26.0. The summed E-state index contributed by atoms with van der Waals surface area (Å²) >= 11 is 2.94. The summed E-state index contributed by atoms with van der Waals surface area (Å²) in [7, 11) is 0. The molecule has 7 N–H and O–H groups in total. The van der Waals surface area contributed by atoms with Crippen molar-refractivity contribution in [1.29, 1.82) is 0 Å². The highest BCUT2D eigenvalue weighted by Gasteiger charge is 2.31. The Bertz CT molecular complexity index is 696. The first-order chi connectivity index (χ1) is 16.0. The predicted octanol–water partition coefficient (Wildman–Crippen LogP) is 0.270. The third-order valence-electron chi connectivity index (χ3n) is 5.27. The van der Waals surface area contributed by atoms with Gasteiger partial charge in [-0.05, 0) is 49.2 Å². The van der Waals surface area contributed by atoms with Gasteiger partial charge >= 0.3 is 11.9 Å². The maximum atomic E-state index is 13.0. The van der Waals surface area contributed by atoms with Crippen molar-refractivity contribution in [2.75, 3.05) is 24.0 Å². The smallest absolute Gasteiger partial charge is 0.326 e. The summed E-state index contributed by atoms with van der Waals surface area (Å²) in [6.45, 7) is 3.54. The number of aliphatic carboxylic acids is 2. The third-order valence-corrected chi connectivity index (χ3v) is 6.56. The third kappa shape index (κ3) is 12.5. The van der Waals surface area contributed by atoms with Crippen LogP contribution in [0, 0.1) is 5.92 Å². The molecule has 0 saturated carbocycles. The predicted molar refractivity (Wildman–Crippen MR) is 134 cm³/mol. The Morgan fingerprint density at radius 2 is 1.29 bits per heavy atom. The fourth-order valence-corrected chi connectivity index (χ4v) is 3.85. The monoisotopic (exact) mass is 522 g/mol. The van der Waals surface area contributed by atoms with Crippen molar-refractivity contribution in [2.24, 2.45) is 11.7 Å². The maximum Gasteiger partial charge on any atom is 0.326 e. The van der Waals surface area contributed by atoms with Crippen LogP contribution in [0.2, 0.25) is 0 Å². The highest BCUT2D eigenvalue weighted by molar-refractivity contribution is 7.98. The van der Waals surface area contributed by atoms with E-state index in [9.17, 15) is 29.1 Å². The molecule has 13 heteroatoms. The first-order valence-electron chi connectivity index (χ1n) is 11.1. The number of carboxylic acid groups (broad SMARTS) is 2. The van der Waals surface area contributed by atoms with E-state index in [1.54, 1.807) is 6.92 Å². The van der Waals surface area contributed by atoms with E-state index < -0.39 is 53.8 Å². The average molecular weight is 523 g/mol. The maximum absolute atomic E-state index is 13.0. The Morgan fingerprint density at radius 3 is 1.71 bits per heavy atom. The van der Waals surface area contributed by atoms with Crippen LogP contribution in [0.5, 0.6) is 0 Å². The van der Waals surface area contributed by atoms with E-state index in [1.165, 1.54) is 23.5 Å². The summed E-state index contributed by atoms with van der Waals surface area (Å²) < 4.78 is 0. The van der Waals surface area contributed by atoms with Crippen LogP contribution in [-0.4, -0.2) is 88.1 Å². The van der Waals surface area contributed by atoms with Gasteiger partial charge < -0.3 is 31.9 Å². The number of amides is 3. The minimum atomic E-state index is -1.15. The number of hydrogen-bond donors (Lipinski definition) is 6. The lowest BCUT2D eigenvalue weighted by Crippen LogP contribution is -2.58. The van der Waals surface area contributed by atoms with Gasteiger partial charge in [0.25, 0.3) is 0 Å². The molecule has 0 radical (unpaired) electrons. The van der Waals surface area contributed by atoms with Gasteiger partial charge in [-0.25, -0.2) is 4.79 Å². The van der Waals surface area contributed by atoms with E-state index >= 15 is 0 Å². The summed E-state index contributed by atoms with van der Waals surface area (Å²) in [4.78, 5) is 60.6. The summed E-state index contributed by atoms with van der Waals surface area (Å²) in [5.74, 6) is -3.32. The van der Waals surface area contributed by atoms with Gasteiger partial charge in [0, 0.05) is 6.42 Å². The number of hydrogen-bond acceptors (Lipinski definition) is 8. The molecule has 0 bridgehead atoms. The molecule has 34 heavy (non-hydrogen) atoms. The van der Waals surface area contributed by atoms with Gasteiger partial charge in [0.05, 0.1) is 6.04 Å². The number of carboxylic acids is 2. The highest BCUT2D eigenvalue weighted by Crippen LogP contribution is 2.10. The van der Waals surface area contributed by atoms with E-state index in [1.807, 2.05) is 19.4 Å². The molecule has 5 unspecified atom stereocenters. The normalized spacial score (nSPS) is 15.3. The van der Waals surface area contributed by atoms with E-state index in [2.05, 4.69) is 16.0 Å². The number of carbonyl (C=O) groups excluding carboxylic acids is 3. The Hall–Kier alpha value is -1.99. The van der Waals surface area contributed by atoms with Crippen molar-refractivity contribution >= 4 is 53.2 Å². The molecule has 0 aromatic rings. The summed E-state index contributed by atoms with van der Waals surface area (Å²) in [6, 6.07) is -4.15. The molecule has 0 saturated heterocycles. The van der Waals surface area contributed by atoms with Gasteiger partial charge in [-0.1, -0.05) is 20.3 Å². The molecular weight excluding hydrogens is 484 g/mol. The first kappa shape index (κ1) is 32.0. The molecule has 0 aliphatic rings. The number of thioether (sulfide) groups is 2. The van der Waals surface area contributed by atoms with Crippen LogP contribution in [0.3, 0.4) is 0 Å². The minimum Gasteiger partial charge on any atom is -0.481 e. The SMILES string of the molecule is CCC(C)C(NC(=O)C(CCSC)NC(=O)C(CCSC)NC(=O)C(N)CCC(=O)O)C(=O)O. The molecule has 0 spiro atoms. The second-order valence-corrected chi connectivity index (χ2v) is 9.91. The first-order valence-corrected chi connectivity index (χ1v) is 13.9. The van der Waals surface area contributed by atoms with Crippen molar-refractivity contribution in [1.82, 2.24) is 16.0 Å². The molecular formula is C21H38N4O7S2. The van der Waals surface area contributed by atoms with Crippen molar-refractivity contribution in [2.45, 2.75) is 70.1 Å². The number of carbonyl (C=O) groups is 5. The molecule has 5 atom stereocenters.